The Balaban J connectivity index is 1.50. The van der Waals surface area contributed by atoms with Crippen LogP contribution in [0.1, 0.15) is 58.3 Å². The fraction of sp³-hybridized carbons (Fsp3) is 1.00. The number of rotatable bonds is 3. The van der Waals surface area contributed by atoms with E-state index in [2.05, 4.69) is 22.0 Å². The fourth-order valence-corrected chi connectivity index (χ4v) is 5.82. The van der Waals surface area contributed by atoms with Crippen molar-refractivity contribution in [3.05, 3.63) is 0 Å². The lowest BCUT2D eigenvalue weighted by Crippen LogP contribution is -2.61. The van der Waals surface area contributed by atoms with Crippen molar-refractivity contribution in [1.29, 1.82) is 0 Å². The van der Waals surface area contributed by atoms with Crippen LogP contribution in [0.5, 0.6) is 0 Å². The largest absolute Gasteiger partial charge is 0.314 e. The van der Waals surface area contributed by atoms with Crippen molar-refractivity contribution in [3.8, 4) is 0 Å². The Labute approximate surface area is 124 Å². The van der Waals surface area contributed by atoms with Crippen LogP contribution in [0.4, 0.5) is 0 Å². The van der Waals surface area contributed by atoms with Gasteiger partial charge in [-0.2, -0.15) is 0 Å². The molecular weight excluding hydrogens is 246 g/mol. The summed E-state index contributed by atoms with van der Waals surface area (Å²) >= 11 is 0. The normalized spacial score (nSPS) is 45.8. The van der Waals surface area contributed by atoms with E-state index < -0.39 is 0 Å². The highest BCUT2D eigenvalue weighted by Crippen LogP contribution is 2.41. The topological polar surface area (TPSA) is 18.5 Å². The van der Waals surface area contributed by atoms with Crippen LogP contribution in [0, 0.1) is 0 Å². The highest BCUT2D eigenvalue weighted by Gasteiger charge is 2.47. The third kappa shape index (κ3) is 2.22. The van der Waals surface area contributed by atoms with Gasteiger partial charge in [-0.15, -0.1) is 0 Å². The molecule has 4 aliphatic heterocycles. The third-order valence-corrected chi connectivity index (χ3v) is 6.48. The summed E-state index contributed by atoms with van der Waals surface area (Å²) in [6, 6.07) is 4.38. The van der Waals surface area contributed by atoms with Gasteiger partial charge in [-0.05, 0) is 58.0 Å². The lowest BCUT2D eigenvalue weighted by Gasteiger charge is -2.52. The Kier molecular flexibility index (Phi) is 3.78. The molecule has 20 heavy (non-hydrogen) atoms. The van der Waals surface area contributed by atoms with E-state index >= 15 is 0 Å². The molecule has 3 heteroatoms. The van der Waals surface area contributed by atoms with E-state index in [0.29, 0.717) is 0 Å². The molecule has 0 aliphatic carbocycles. The van der Waals surface area contributed by atoms with Gasteiger partial charge in [0.25, 0.3) is 0 Å². The second kappa shape index (κ2) is 5.58. The Morgan fingerprint density at radius 3 is 2.45 bits per heavy atom. The first kappa shape index (κ1) is 13.5. The highest BCUT2D eigenvalue weighted by atomic mass is 15.3. The molecule has 3 nitrogen and oxygen atoms in total. The quantitative estimate of drug-likeness (QED) is 0.853. The average Bonchev–Trinajstić information content (AvgIpc) is 3.01. The van der Waals surface area contributed by atoms with Gasteiger partial charge < -0.3 is 5.32 Å². The Morgan fingerprint density at radius 1 is 0.900 bits per heavy atom. The average molecular weight is 277 g/mol. The van der Waals surface area contributed by atoms with Crippen molar-refractivity contribution >= 4 is 0 Å². The van der Waals surface area contributed by atoms with Gasteiger partial charge in [0, 0.05) is 36.8 Å². The van der Waals surface area contributed by atoms with E-state index in [1.807, 2.05) is 0 Å². The zero-order chi connectivity index (χ0) is 13.5. The first-order valence-corrected chi connectivity index (χ1v) is 9.11. The molecule has 0 aromatic rings. The van der Waals surface area contributed by atoms with Crippen LogP contribution in [0.15, 0.2) is 0 Å². The molecule has 0 amide bonds. The van der Waals surface area contributed by atoms with Crippen LogP contribution in [0.3, 0.4) is 0 Å². The van der Waals surface area contributed by atoms with Crippen LogP contribution in [-0.2, 0) is 0 Å². The minimum Gasteiger partial charge on any atom is -0.314 e. The number of nitrogens with zero attached hydrogens (tertiary/aromatic N) is 2. The molecule has 2 bridgehead atoms. The molecule has 0 spiro atoms. The molecule has 0 aromatic carbocycles. The Bertz CT molecular complexity index is 331. The summed E-state index contributed by atoms with van der Waals surface area (Å²) in [7, 11) is 0. The second-order valence-electron chi connectivity index (χ2n) is 7.51. The number of fused-ring (bicyclic) bond motifs is 3. The summed E-state index contributed by atoms with van der Waals surface area (Å²) in [4.78, 5) is 5.81. The van der Waals surface area contributed by atoms with Gasteiger partial charge in [0.1, 0.15) is 0 Å². The number of nitrogens with one attached hydrogen (secondary N) is 1. The molecule has 4 fully saturated rings. The SMILES string of the molecule is CCNC1CC2CCCC(C1)N2C1CCN2CCCC12. The maximum absolute atomic E-state index is 3.73. The summed E-state index contributed by atoms with van der Waals surface area (Å²) in [5.74, 6) is 0. The Hall–Kier alpha value is -0.120. The van der Waals surface area contributed by atoms with Gasteiger partial charge in [0.2, 0.25) is 0 Å². The van der Waals surface area contributed by atoms with Crippen molar-refractivity contribution in [2.75, 3.05) is 19.6 Å². The van der Waals surface area contributed by atoms with Crippen LogP contribution < -0.4 is 5.32 Å². The Morgan fingerprint density at radius 2 is 1.70 bits per heavy atom. The zero-order valence-corrected chi connectivity index (χ0v) is 13.1. The highest BCUT2D eigenvalue weighted by molar-refractivity contribution is 5.04. The first-order valence-electron chi connectivity index (χ1n) is 9.11. The third-order valence-electron chi connectivity index (χ3n) is 6.48. The molecule has 4 atom stereocenters. The molecule has 0 radical (unpaired) electrons. The fourth-order valence-electron chi connectivity index (χ4n) is 5.82. The van der Waals surface area contributed by atoms with Gasteiger partial charge in [0.15, 0.2) is 0 Å². The second-order valence-corrected chi connectivity index (χ2v) is 7.51. The predicted octanol–water partition coefficient (Wildman–Crippen LogP) is 2.22. The van der Waals surface area contributed by atoms with E-state index in [4.69, 9.17) is 0 Å². The van der Waals surface area contributed by atoms with Crippen molar-refractivity contribution in [2.24, 2.45) is 0 Å². The van der Waals surface area contributed by atoms with Crippen LogP contribution in [-0.4, -0.2) is 59.6 Å². The maximum atomic E-state index is 3.73. The van der Waals surface area contributed by atoms with Crippen LogP contribution in [0.2, 0.25) is 0 Å². The van der Waals surface area contributed by atoms with Crippen molar-refractivity contribution in [3.63, 3.8) is 0 Å². The van der Waals surface area contributed by atoms with Crippen molar-refractivity contribution in [2.45, 2.75) is 88.5 Å². The van der Waals surface area contributed by atoms with Gasteiger partial charge in [0.05, 0.1) is 0 Å². The van der Waals surface area contributed by atoms with Gasteiger partial charge in [-0.3, -0.25) is 9.80 Å². The van der Waals surface area contributed by atoms with E-state index in [9.17, 15) is 0 Å². The lowest BCUT2D eigenvalue weighted by atomic mass is 9.79. The number of piperidine rings is 2. The molecule has 4 rings (SSSR count). The first-order chi connectivity index (χ1) is 9.86. The number of hydrogen-bond acceptors (Lipinski definition) is 3. The van der Waals surface area contributed by atoms with Gasteiger partial charge in [-0.25, -0.2) is 0 Å². The molecule has 4 aliphatic rings. The van der Waals surface area contributed by atoms with Gasteiger partial charge >= 0.3 is 0 Å². The minimum atomic E-state index is 0.799. The van der Waals surface area contributed by atoms with E-state index in [-0.39, 0.29) is 0 Å². The summed E-state index contributed by atoms with van der Waals surface area (Å²) < 4.78 is 0. The summed E-state index contributed by atoms with van der Waals surface area (Å²) in [6.07, 6.45) is 11.6. The molecule has 114 valence electrons. The zero-order valence-electron chi connectivity index (χ0n) is 13.1. The van der Waals surface area contributed by atoms with E-state index in [1.54, 1.807) is 0 Å². The van der Waals surface area contributed by atoms with Crippen molar-refractivity contribution in [1.82, 2.24) is 15.1 Å². The minimum absolute atomic E-state index is 0.799. The van der Waals surface area contributed by atoms with Crippen LogP contribution >= 0.6 is 0 Å². The van der Waals surface area contributed by atoms with E-state index in [1.165, 1.54) is 64.5 Å². The summed E-state index contributed by atoms with van der Waals surface area (Å²) in [6.45, 7) is 6.16. The maximum Gasteiger partial charge on any atom is 0.0269 e. The molecule has 4 heterocycles. The standard InChI is InChI=1S/C17H31N3/c1-2-18-13-11-14-5-3-6-15(12-13)20(14)17-8-10-19-9-4-7-16(17)19/h13-18H,2-12H2,1H3. The predicted molar refractivity (Wildman–Crippen MR) is 83.0 cm³/mol. The lowest BCUT2D eigenvalue weighted by molar-refractivity contribution is -0.0184. The molecule has 0 aromatic heterocycles. The molecule has 1 N–H and O–H groups in total. The smallest absolute Gasteiger partial charge is 0.0269 e. The molecule has 4 unspecified atom stereocenters. The molecule has 0 saturated carbocycles. The van der Waals surface area contributed by atoms with Gasteiger partial charge in [-0.1, -0.05) is 13.3 Å². The molecular formula is C17H31N3. The summed E-state index contributed by atoms with van der Waals surface area (Å²) in [5.41, 5.74) is 0. The molecule has 4 saturated heterocycles. The number of hydrogen-bond donors (Lipinski definition) is 1. The van der Waals surface area contributed by atoms with Crippen molar-refractivity contribution < 1.29 is 0 Å². The summed E-state index contributed by atoms with van der Waals surface area (Å²) in [5, 5.41) is 3.73. The van der Waals surface area contributed by atoms with Crippen LogP contribution in [0.25, 0.3) is 0 Å². The van der Waals surface area contributed by atoms with E-state index in [0.717, 1.165) is 36.8 Å². The monoisotopic (exact) mass is 277 g/mol.